The largest absolute Gasteiger partial charge is 0.454 e. The third-order valence-corrected chi connectivity index (χ3v) is 4.31. The first kappa shape index (κ1) is 20.7. The molecule has 1 heterocycles. The minimum Gasteiger partial charge on any atom is -0.454 e. The number of methoxy groups -OCH3 is 1. The maximum absolute atomic E-state index is 12.8. The molecule has 29 heavy (non-hydrogen) atoms. The van der Waals surface area contributed by atoms with Crippen LogP contribution in [0.4, 0.5) is 8.78 Å². The molecule has 0 atom stereocenters. The second-order valence-corrected chi connectivity index (χ2v) is 6.17. The van der Waals surface area contributed by atoms with Gasteiger partial charge in [0.25, 0.3) is 0 Å². The van der Waals surface area contributed by atoms with Crippen LogP contribution in [0.5, 0.6) is 17.2 Å². The molecular formula is C20H23F2N3O4. The molecule has 0 aromatic heterocycles. The molecule has 9 heteroatoms. The number of guanidine groups is 1. The minimum absolute atomic E-state index is 0.0256. The van der Waals surface area contributed by atoms with Gasteiger partial charge in [0.1, 0.15) is 5.75 Å². The van der Waals surface area contributed by atoms with E-state index < -0.39 is 6.61 Å². The first-order chi connectivity index (χ1) is 14.1. The summed E-state index contributed by atoms with van der Waals surface area (Å²) in [5.41, 5.74) is 2.64. The first-order valence-electron chi connectivity index (χ1n) is 8.98. The van der Waals surface area contributed by atoms with E-state index >= 15 is 0 Å². The van der Waals surface area contributed by atoms with Gasteiger partial charge in [-0.2, -0.15) is 8.78 Å². The molecule has 0 fully saturated rings. The topological polar surface area (TPSA) is 73.3 Å². The number of nitrogens with one attached hydrogen (secondary N) is 2. The molecule has 1 aliphatic rings. The van der Waals surface area contributed by atoms with Gasteiger partial charge in [0.05, 0.1) is 6.61 Å². The van der Waals surface area contributed by atoms with Crippen molar-refractivity contribution >= 4 is 5.96 Å². The summed E-state index contributed by atoms with van der Waals surface area (Å²) in [5.74, 6) is 1.40. The Kier molecular flexibility index (Phi) is 7.07. The summed E-state index contributed by atoms with van der Waals surface area (Å²) in [6.45, 7) is -1.65. The molecule has 0 saturated carbocycles. The van der Waals surface area contributed by atoms with E-state index in [4.69, 9.17) is 14.2 Å². The molecular weight excluding hydrogens is 384 g/mol. The summed E-state index contributed by atoms with van der Waals surface area (Å²) in [7, 11) is 3.28. The summed E-state index contributed by atoms with van der Waals surface area (Å²) in [5, 5.41) is 6.30. The third kappa shape index (κ3) is 5.47. The summed E-state index contributed by atoms with van der Waals surface area (Å²) < 4.78 is 45.9. The Morgan fingerprint density at radius 3 is 2.38 bits per heavy atom. The summed E-state index contributed by atoms with van der Waals surface area (Å²) in [6, 6.07) is 10.9. The van der Waals surface area contributed by atoms with Crippen LogP contribution in [-0.2, 0) is 24.4 Å². The smallest absolute Gasteiger partial charge is 0.387 e. The van der Waals surface area contributed by atoms with E-state index in [0.29, 0.717) is 36.2 Å². The highest BCUT2D eigenvalue weighted by Crippen LogP contribution is 2.38. The van der Waals surface area contributed by atoms with Crippen LogP contribution in [0.25, 0.3) is 0 Å². The van der Waals surface area contributed by atoms with E-state index in [2.05, 4.69) is 20.4 Å². The van der Waals surface area contributed by atoms with Crippen LogP contribution in [0, 0.1) is 0 Å². The number of fused-ring (bicyclic) bond motifs is 1. The highest BCUT2D eigenvalue weighted by Gasteiger charge is 2.20. The van der Waals surface area contributed by atoms with Crippen LogP contribution in [0.1, 0.15) is 16.7 Å². The Balaban J connectivity index is 1.65. The van der Waals surface area contributed by atoms with Crippen molar-refractivity contribution in [1.82, 2.24) is 10.6 Å². The molecule has 2 aromatic rings. The molecule has 7 nitrogen and oxygen atoms in total. The molecule has 0 radical (unpaired) electrons. The van der Waals surface area contributed by atoms with Crippen LogP contribution in [-0.4, -0.2) is 33.5 Å². The Labute approximate surface area is 167 Å². The molecule has 2 N–H and O–H groups in total. The number of aliphatic imine (C=N–C) groups is 1. The van der Waals surface area contributed by atoms with Gasteiger partial charge in [-0.05, 0) is 17.2 Å². The predicted molar refractivity (Wildman–Crippen MR) is 103 cm³/mol. The zero-order valence-corrected chi connectivity index (χ0v) is 16.2. The van der Waals surface area contributed by atoms with Crippen molar-refractivity contribution in [1.29, 1.82) is 0 Å². The van der Waals surface area contributed by atoms with E-state index in [1.54, 1.807) is 20.2 Å². The standard InChI is InChI=1S/C20H23F2N3O4/c1-23-20(24-9-13-5-3-4-6-14(13)11-26-2)25-10-15-7-17-18(28-12-27-17)8-16(15)29-19(21)22/h3-8,19H,9-12H2,1-2H3,(H2,23,24,25). The molecule has 0 bridgehead atoms. The molecule has 0 saturated heterocycles. The van der Waals surface area contributed by atoms with Gasteiger partial charge in [0, 0.05) is 38.9 Å². The molecule has 1 aliphatic heterocycles. The van der Waals surface area contributed by atoms with E-state index in [1.165, 1.54) is 6.07 Å². The maximum Gasteiger partial charge on any atom is 0.387 e. The second-order valence-electron chi connectivity index (χ2n) is 6.17. The average molecular weight is 407 g/mol. The van der Waals surface area contributed by atoms with Crippen LogP contribution in [0.15, 0.2) is 41.4 Å². The van der Waals surface area contributed by atoms with Crippen LogP contribution in [0.2, 0.25) is 0 Å². The Bertz CT molecular complexity index is 862. The van der Waals surface area contributed by atoms with Crippen molar-refractivity contribution in [3.63, 3.8) is 0 Å². The lowest BCUT2D eigenvalue weighted by atomic mass is 10.1. The van der Waals surface area contributed by atoms with Crippen molar-refractivity contribution < 1.29 is 27.7 Å². The zero-order chi connectivity index (χ0) is 20.6. The molecule has 0 unspecified atom stereocenters. The van der Waals surface area contributed by atoms with Gasteiger partial charge >= 0.3 is 6.61 Å². The van der Waals surface area contributed by atoms with Gasteiger partial charge in [0.2, 0.25) is 6.79 Å². The molecule has 2 aromatic carbocycles. The van der Waals surface area contributed by atoms with Crippen molar-refractivity contribution in [3.8, 4) is 17.2 Å². The minimum atomic E-state index is -2.94. The maximum atomic E-state index is 12.8. The van der Waals surface area contributed by atoms with Gasteiger partial charge in [-0.3, -0.25) is 4.99 Å². The fourth-order valence-electron chi connectivity index (χ4n) is 2.91. The number of alkyl halides is 2. The lowest BCUT2D eigenvalue weighted by Crippen LogP contribution is -2.36. The lowest BCUT2D eigenvalue weighted by molar-refractivity contribution is -0.0505. The Morgan fingerprint density at radius 1 is 1.07 bits per heavy atom. The highest BCUT2D eigenvalue weighted by atomic mass is 19.3. The fourth-order valence-corrected chi connectivity index (χ4v) is 2.91. The number of halogens is 2. The van der Waals surface area contributed by atoms with E-state index in [1.807, 2.05) is 24.3 Å². The number of rotatable bonds is 8. The highest BCUT2D eigenvalue weighted by molar-refractivity contribution is 5.79. The predicted octanol–water partition coefficient (Wildman–Crippen LogP) is 3.03. The van der Waals surface area contributed by atoms with E-state index in [0.717, 1.165) is 11.1 Å². The zero-order valence-electron chi connectivity index (χ0n) is 16.2. The summed E-state index contributed by atoms with van der Waals surface area (Å²) >= 11 is 0. The van der Waals surface area contributed by atoms with Crippen molar-refractivity contribution in [2.24, 2.45) is 4.99 Å². The van der Waals surface area contributed by atoms with Crippen molar-refractivity contribution in [2.45, 2.75) is 26.3 Å². The first-order valence-corrected chi connectivity index (χ1v) is 8.98. The second kappa shape index (κ2) is 9.92. The van der Waals surface area contributed by atoms with E-state index in [-0.39, 0.29) is 19.1 Å². The van der Waals surface area contributed by atoms with Gasteiger partial charge in [0.15, 0.2) is 17.5 Å². The van der Waals surface area contributed by atoms with E-state index in [9.17, 15) is 8.78 Å². The van der Waals surface area contributed by atoms with Crippen LogP contribution in [0.3, 0.4) is 0 Å². The Morgan fingerprint density at radius 2 is 1.72 bits per heavy atom. The van der Waals surface area contributed by atoms with Gasteiger partial charge in [-0.25, -0.2) is 0 Å². The summed E-state index contributed by atoms with van der Waals surface area (Å²) in [6.07, 6.45) is 0. The summed E-state index contributed by atoms with van der Waals surface area (Å²) in [4.78, 5) is 4.18. The molecule has 0 amide bonds. The molecule has 0 aliphatic carbocycles. The number of benzene rings is 2. The SMILES string of the molecule is CN=C(NCc1ccccc1COC)NCc1cc2c(cc1OC(F)F)OCO2. The lowest BCUT2D eigenvalue weighted by Gasteiger charge is -2.16. The molecule has 156 valence electrons. The van der Waals surface area contributed by atoms with Gasteiger partial charge < -0.3 is 29.6 Å². The number of ether oxygens (including phenoxy) is 4. The molecule has 3 rings (SSSR count). The normalized spacial score (nSPS) is 12.9. The van der Waals surface area contributed by atoms with Crippen molar-refractivity contribution in [3.05, 3.63) is 53.1 Å². The Hall–Kier alpha value is -3.07. The van der Waals surface area contributed by atoms with Crippen LogP contribution < -0.4 is 24.8 Å². The quantitative estimate of drug-likeness (QED) is 0.518. The fraction of sp³-hybridized carbons (Fsp3) is 0.350. The number of nitrogens with zero attached hydrogens (tertiary/aromatic N) is 1. The monoisotopic (exact) mass is 407 g/mol. The number of hydrogen-bond donors (Lipinski definition) is 2. The average Bonchev–Trinajstić information content (AvgIpc) is 3.16. The van der Waals surface area contributed by atoms with Crippen molar-refractivity contribution in [2.75, 3.05) is 21.0 Å². The number of hydrogen-bond acceptors (Lipinski definition) is 5. The van der Waals surface area contributed by atoms with Gasteiger partial charge in [-0.1, -0.05) is 24.3 Å². The van der Waals surface area contributed by atoms with Crippen LogP contribution >= 0.6 is 0 Å². The molecule has 0 spiro atoms. The van der Waals surface area contributed by atoms with Gasteiger partial charge in [-0.15, -0.1) is 0 Å². The third-order valence-electron chi connectivity index (χ3n) is 4.31.